The molecule has 0 radical (unpaired) electrons. The monoisotopic (exact) mass is 398 g/mol. The summed E-state index contributed by atoms with van der Waals surface area (Å²) in [6.45, 7) is 5.34. The fourth-order valence-corrected chi connectivity index (χ4v) is 2.73. The summed E-state index contributed by atoms with van der Waals surface area (Å²) in [5.41, 5.74) is 1.79. The number of benzene rings is 1. The molecule has 5 atom stereocenters. The van der Waals surface area contributed by atoms with E-state index in [0.29, 0.717) is 5.75 Å². The second kappa shape index (κ2) is 9.33. The number of carbonyl (C=O) groups excluding carboxylic acids is 1. The van der Waals surface area contributed by atoms with Gasteiger partial charge in [-0.3, -0.25) is 9.59 Å². The van der Waals surface area contributed by atoms with Crippen LogP contribution in [0.25, 0.3) is 0 Å². The van der Waals surface area contributed by atoms with E-state index in [2.05, 4.69) is 0 Å². The highest BCUT2D eigenvalue weighted by atomic mass is 16.7. The minimum atomic E-state index is -1.60. The number of rotatable bonds is 7. The molecule has 0 aliphatic carbocycles. The van der Waals surface area contributed by atoms with E-state index < -0.39 is 55.7 Å². The van der Waals surface area contributed by atoms with Gasteiger partial charge in [-0.05, 0) is 30.0 Å². The first-order chi connectivity index (χ1) is 13.1. The molecule has 0 unspecified atom stereocenters. The lowest BCUT2D eigenvalue weighted by Crippen LogP contribution is -2.60. The fourth-order valence-electron chi connectivity index (χ4n) is 2.73. The van der Waals surface area contributed by atoms with Gasteiger partial charge in [-0.25, -0.2) is 0 Å². The molecule has 1 aromatic carbocycles. The van der Waals surface area contributed by atoms with Gasteiger partial charge in [0.15, 0.2) is 0 Å². The Hall–Kier alpha value is -2.20. The molecule has 9 nitrogen and oxygen atoms in total. The highest BCUT2D eigenvalue weighted by Gasteiger charge is 2.45. The molecular weight excluding hydrogens is 372 g/mol. The number of ether oxygens (including phenoxy) is 3. The normalized spacial score (nSPS) is 27.5. The second-order valence-electron chi connectivity index (χ2n) is 7.07. The van der Waals surface area contributed by atoms with E-state index in [4.69, 9.17) is 19.3 Å². The van der Waals surface area contributed by atoms with Crippen LogP contribution in [0.2, 0.25) is 0 Å². The smallest absolute Gasteiger partial charge is 0.317 e. The maximum absolute atomic E-state index is 11.4. The van der Waals surface area contributed by atoms with Crippen LogP contribution >= 0.6 is 0 Å². The SMILES string of the molecule is Cc1ccc(C(C)C)cc1O[C@@H]1O[C@H](COC(=O)CC(=O)O)[C@@H](O)[C@H](O)[C@H]1O. The predicted octanol–water partition coefficient (Wildman–Crippen LogP) is 0.323. The van der Waals surface area contributed by atoms with E-state index in [9.17, 15) is 24.9 Å². The lowest BCUT2D eigenvalue weighted by molar-refractivity contribution is -0.278. The summed E-state index contributed by atoms with van der Waals surface area (Å²) in [6.07, 6.45) is -8.04. The number of aliphatic carboxylic acids is 1. The maximum atomic E-state index is 11.4. The Labute approximate surface area is 162 Å². The van der Waals surface area contributed by atoms with Crippen molar-refractivity contribution in [3.05, 3.63) is 29.3 Å². The van der Waals surface area contributed by atoms with Gasteiger partial charge in [-0.1, -0.05) is 26.0 Å². The number of carbonyl (C=O) groups is 2. The Morgan fingerprint density at radius 3 is 2.43 bits per heavy atom. The standard InChI is InChI=1S/C19H26O9/c1-9(2)11-5-4-10(3)12(6-11)27-19-18(25)17(24)16(23)13(28-19)8-26-15(22)7-14(20)21/h4-6,9,13,16-19,23-25H,7-8H2,1-3H3,(H,20,21)/t13-,16-,17+,18-,19-/m1/s1. The second-order valence-corrected chi connectivity index (χ2v) is 7.07. The van der Waals surface area contributed by atoms with Crippen molar-refractivity contribution in [3.63, 3.8) is 0 Å². The van der Waals surface area contributed by atoms with Crippen LogP contribution in [0.4, 0.5) is 0 Å². The van der Waals surface area contributed by atoms with Crippen molar-refractivity contribution in [2.24, 2.45) is 0 Å². The van der Waals surface area contributed by atoms with Crippen molar-refractivity contribution in [2.45, 2.75) is 63.8 Å². The quantitative estimate of drug-likeness (QED) is 0.377. The van der Waals surface area contributed by atoms with Gasteiger partial charge in [0.1, 0.15) is 43.2 Å². The molecule has 0 amide bonds. The molecule has 4 N–H and O–H groups in total. The predicted molar refractivity (Wildman–Crippen MR) is 95.8 cm³/mol. The summed E-state index contributed by atoms with van der Waals surface area (Å²) < 4.78 is 16.0. The van der Waals surface area contributed by atoms with Crippen molar-refractivity contribution in [1.82, 2.24) is 0 Å². The van der Waals surface area contributed by atoms with Crippen LogP contribution in [0.15, 0.2) is 18.2 Å². The minimum absolute atomic E-state index is 0.244. The molecule has 28 heavy (non-hydrogen) atoms. The number of aliphatic hydroxyl groups is 3. The fraction of sp³-hybridized carbons (Fsp3) is 0.579. The van der Waals surface area contributed by atoms with Crippen LogP contribution in [0.1, 0.15) is 37.3 Å². The lowest BCUT2D eigenvalue weighted by Gasteiger charge is -2.40. The third-order valence-corrected chi connectivity index (χ3v) is 4.49. The molecule has 1 heterocycles. The lowest BCUT2D eigenvalue weighted by atomic mass is 9.99. The molecule has 1 fully saturated rings. The van der Waals surface area contributed by atoms with Crippen LogP contribution in [0.5, 0.6) is 5.75 Å². The number of hydrogen-bond donors (Lipinski definition) is 4. The minimum Gasteiger partial charge on any atom is -0.481 e. The van der Waals surface area contributed by atoms with Crippen molar-refractivity contribution in [3.8, 4) is 5.75 Å². The van der Waals surface area contributed by atoms with Crippen LogP contribution in [-0.2, 0) is 19.1 Å². The zero-order chi connectivity index (χ0) is 21.0. The van der Waals surface area contributed by atoms with Crippen molar-refractivity contribution in [1.29, 1.82) is 0 Å². The average Bonchev–Trinajstić information content (AvgIpc) is 2.62. The number of esters is 1. The first-order valence-electron chi connectivity index (χ1n) is 8.94. The average molecular weight is 398 g/mol. The van der Waals surface area contributed by atoms with E-state index in [1.165, 1.54) is 0 Å². The highest BCUT2D eigenvalue weighted by Crippen LogP contribution is 2.29. The number of aliphatic hydroxyl groups excluding tert-OH is 3. The van der Waals surface area contributed by atoms with Gasteiger partial charge >= 0.3 is 11.9 Å². The van der Waals surface area contributed by atoms with E-state index in [1.54, 1.807) is 6.07 Å². The molecule has 0 aromatic heterocycles. The first kappa shape index (κ1) is 22.1. The van der Waals surface area contributed by atoms with E-state index in [-0.39, 0.29) is 5.92 Å². The highest BCUT2D eigenvalue weighted by molar-refractivity contribution is 5.90. The number of aryl methyl sites for hydroxylation is 1. The zero-order valence-electron chi connectivity index (χ0n) is 15.9. The van der Waals surface area contributed by atoms with Crippen molar-refractivity contribution < 1.29 is 44.2 Å². The van der Waals surface area contributed by atoms with E-state index >= 15 is 0 Å². The van der Waals surface area contributed by atoms with Gasteiger partial charge in [0.25, 0.3) is 0 Å². The summed E-state index contributed by atoms with van der Waals surface area (Å²) >= 11 is 0. The molecule has 0 bridgehead atoms. The molecule has 156 valence electrons. The first-order valence-corrected chi connectivity index (χ1v) is 8.94. The van der Waals surface area contributed by atoms with Crippen LogP contribution in [0.3, 0.4) is 0 Å². The third-order valence-electron chi connectivity index (χ3n) is 4.49. The Kier molecular flexibility index (Phi) is 7.36. The van der Waals surface area contributed by atoms with Gasteiger partial charge in [0.05, 0.1) is 0 Å². The van der Waals surface area contributed by atoms with Crippen LogP contribution in [-0.4, -0.2) is 69.7 Å². The van der Waals surface area contributed by atoms with Gasteiger partial charge in [-0.15, -0.1) is 0 Å². The molecule has 1 saturated heterocycles. The number of carboxylic acids is 1. The summed E-state index contributed by atoms with van der Waals surface area (Å²) in [5.74, 6) is -1.68. The Morgan fingerprint density at radius 1 is 1.14 bits per heavy atom. The Balaban J connectivity index is 2.10. The maximum Gasteiger partial charge on any atom is 0.317 e. The van der Waals surface area contributed by atoms with Crippen LogP contribution < -0.4 is 4.74 Å². The van der Waals surface area contributed by atoms with Crippen LogP contribution in [0, 0.1) is 6.92 Å². The van der Waals surface area contributed by atoms with Gasteiger partial charge in [-0.2, -0.15) is 0 Å². The Bertz CT molecular complexity index is 703. The molecule has 2 rings (SSSR count). The summed E-state index contributed by atoms with van der Waals surface area (Å²) in [5, 5.41) is 38.9. The molecular formula is C19H26O9. The number of hydrogen-bond acceptors (Lipinski definition) is 8. The van der Waals surface area contributed by atoms with Crippen molar-refractivity contribution in [2.75, 3.05) is 6.61 Å². The molecule has 9 heteroatoms. The summed E-state index contributed by atoms with van der Waals surface area (Å²) in [7, 11) is 0. The molecule has 1 aliphatic heterocycles. The van der Waals surface area contributed by atoms with Gasteiger partial charge in [0.2, 0.25) is 6.29 Å². The third kappa shape index (κ3) is 5.41. The summed E-state index contributed by atoms with van der Waals surface area (Å²) in [4.78, 5) is 21.9. The Morgan fingerprint density at radius 2 is 1.82 bits per heavy atom. The molecule has 1 aliphatic rings. The molecule has 0 saturated carbocycles. The zero-order valence-corrected chi connectivity index (χ0v) is 15.9. The van der Waals surface area contributed by atoms with Crippen molar-refractivity contribution >= 4 is 11.9 Å². The van der Waals surface area contributed by atoms with E-state index in [0.717, 1.165) is 11.1 Å². The largest absolute Gasteiger partial charge is 0.481 e. The van der Waals surface area contributed by atoms with Gasteiger partial charge < -0.3 is 34.6 Å². The van der Waals surface area contributed by atoms with E-state index in [1.807, 2.05) is 32.9 Å². The molecule has 1 aromatic rings. The topological polar surface area (TPSA) is 143 Å². The number of carboxylic acid groups (broad SMARTS) is 1. The van der Waals surface area contributed by atoms with Gasteiger partial charge in [0, 0.05) is 0 Å². The molecule has 0 spiro atoms. The summed E-state index contributed by atoms with van der Waals surface area (Å²) in [6, 6.07) is 5.61.